The Morgan fingerprint density at radius 3 is 2.53 bits per heavy atom. The quantitative estimate of drug-likeness (QED) is 0.162. The third-order valence-electron chi connectivity index (χ3n) is 4.38. The van der Waals surface area contributed by atoms with Gasteiger partial charge in [-0.05, 0) is 75.1 Å². The van der Waals surface area contributed by atoms with E-state index < -0.39 is 5.91 Å². The van der Waals surface area contributed by atoms with Gasteiger partial charge in [0.1, 0.15) is 6.61 Å². The number of hydrazone groups is 1. The predicted octanol–water partition coefficient (Wildman–Crippen LogP) is 7.81. The Bertz CT molecular complexity index is 1270. The topological polar surface area (TPSA) is 59.9 Å². The summed E-state index contributed by atoms with van der Waals surface area (Å²) in [5.74, 6) is 0.576. The number of hydrogen-bond acceptors (Lipinski definition) is 4. The van der Waals surface area contributed by atoms with Crippen molar-refractivity contribution in [2.45, 2.75) is 6.61 Å². The molecular weight excluding hydrogens is 586 g/mol. The maximum absolute atomic E-state index is 12.0. The van der Waals surface area contributed by atoms with Gasteiger partial charge in [0.2, 0.25) is 0 Å². The molecule has 5 nitrogen and oxygen atoms in total. The van der Waals surface area contributed by atoms with Crippen LogP contribution in [0.4, 0.5) is 0 Å². The zero-order valence-corrected chi connectivity index (χ0v) is 22.2. The highest BCUT2D eigenvalue weighted by molar-refractivity contribution is 9.10. The number of methoxy groups -OCH3 is 1. The lowest BCUT2D eigenvalue weighted by atomic mass is 10.2. The van der Waals surface area contributed by atoms with Gasteiger partial charge in [-0.3, -0.25) is 4.79 Å². The van der Waals surface area contributed by atoms with E-state index in [4.69, 9.17) is 55.9 Å². The van der Waals surface area contributed by atoms with E-state index in [9.17, 15) is 4.79 Å². The summed E-state index contributed by atoms with van der Waals surface area (Å²) in [4.78, 5) is 12.0. The van der Waals surface area contributed by atoms with E-state index in [1.807, 2.05) is 6.07 Å². The Kier molecular flexibility index (Phi) is 9.68. The van der Waals surface area contributed by atoms with Crippen LogP contribution >= 0.6 is 62.3 Å². The second-order valence-electron chi connectivity index (χ2n) is 6.80. The van der Waals surface area contributed by atoms with E-state index in [0.717, 1.165) is 5.56 Å². The molecule has 0 radical (unpaired) electrons. The van der Waals surface area contributed by atoms with Gasteiger partial charge >= 0.3 is 0 Å². The molecule has 3 aromatic rings. The van der Waals surface area contributed by atoms with Crippen LogP contribution in [0, 0.1) is 0 Å². The van der Waals surface area contributed by atoms with Crippen molar-refractivity contribution in [1.29, 1.82) is 0 Å². The molecule has 0 fully saturated rings. The zero-order valence-electron chi connectivity index (χ0n) is 17.6. The van der Waals surface area contributed by atoms with Crippen LogP contribution in [0.5, 0.6) is 11.5 Å². The fourth-order valence-electron chi connectivity index (χ4n) is 2.75. The average Bonchev–Trinajstić information content (AvgIpc) is 2.79. The molecule has 176 valence electrons. The Morgan fingerprint density at radius 1 is 1.03 bits per heavy atom. The lowest BCUT2D eigenvalue weighted by molar-refractivity contribution is -0.116. The van der Waals surface area contributed by atoms with Gasteiger partial charge in [-0.2, -0.15) is 5.10 Å². The number of nitrogens with one attached hydrogen (secondary N) is 1. The lowest BCUT2D eigenvalue weighted by Crippen LogP contribution is -2.14. The van der Waals surface area contributed by atoms with E-state index in [1.165, 1.54) is 19.4 Å². The monoisotopic (exact) mass is 600 g/mol. The molecule has 0 aliphatic carbocycles. The number of halogens is 5. The summed E-state index contributed by atoms with van der Waals surface area (Å²) in [7, 11) is 1.53. The van der Waals surface area contributed by atoms with Crippen LogP contribution in [-0.4, -0.2) is 19.2 Å². The van der Waals surface area contributed by atoms with Gasteiger partial charge in [-0.15, -0.1) is 0 Å². The Hall–Kier alpha value is -2.22. The number of hydrogen-bond donors (Lipinski definition) is 1. The van der Waals surface area contributed by atoms with Crippen LogP contribution in [0.15, 0.2) is 64.2 Å². The van der Waals surface area contributed by atoms with Crippen molar-refractivity contribution >= 4 is 80.5 Å². The number of amides is 1. The fraction of sp³-hybridized carbons (Fsp3) is 0.0833. The first-order chi connectivity index (χ1) is 16.3. The molecule has 0 aliphatic heterocycles. The van der Waals surface area contributed by atoms with Crippen LogP contribution in [0.25, 0.3) is 6.08 Å². The summed E-state index contributed by atoms with van der Waals surface area (Å²) in [6.45, 7) is 0.263. The SMILES string of the molecule is COc1cc(/C=N\NC(=O)/C=C/c2ccc(Cl)cc2Cl)cc(Br)c1OCc1ccc(Cl)c(Cl)c1. The van der Waals surface area contributed by atoms with E-state index >= 15 is 0 Å². The van der Waals surface area contributed by atoms with Gasteiger partial charge < -0.3 is 9.47 Å². The second kappa shape index (κ2) is 12.5. The molecule has 34 heavy (non-hydrogen) atoms. The third-order valence-corrected chi connectivity index (χ3v) is 6.27. The summed E-state index contributed by atoms with van der Waals surface area (Å²) in [6.07, 6.45) is 4.38. The maximum Gasteiger partial charge on any atom is 0.264 e. The molecule has 0 aromatic heterocycles. The highest BCUT2D eigenvalue weighted by Gasteiger charge is 2.12. The van der Waals surface area contributed by atoms with Crippen LogP contribution in [0.3, 0.4) is 0 Å². The summed E-state index contributed by atoms with van der Waals surface area (Å²) >= 11 is 27.5. The number of carbonyl (C=O) groups is 1. The van der Waals surface area contributed by atoms with Crippen molar-refractivity contribution in [3.8, 4) is 11.5 Å². The molecule has 1 amide bonds. The third kappa shape index (κ3) is 7.39. The minimum atomic E-state index is -0.421. The first-order valence-corrected chi connectivity index (χ1v) is 12.0. The number of benzene rings is 3. The first kappa shape index (κ1) is 26.4. The molecule has 0 saturated heterocycles. The predicted molar refractivity (Wildman–Crippen MR) is 143 cm³/mol. The molecule has 0 heterocycles. The number of carbonyl (C=O) groups excluding carboxylic acids is 1. The minimum absolute atomic E-state index is 0.263. The fourth-order valence-corrected chi connectivity index (χ4v) is 4.12. The van der Waals surface area contributed by atoms with Gasteiger partial charge in [-0.1, -0.05) is 58.5 Å². The normalized spacial score (nSPS) is 11.2. The summed E-state index contributed by atoms with van der Waals surface area (Å²) in [5, 5.41) is 5.86. The van der Waals surface area contributed by atoms with Crippen molar-refractivity contribution in [2.24, 2.45) is 5.10 Å². The number of ether oxygens (including phenoxy) is 2. The molecule has 0 bridgehead atoms. The van der Waals surface area contributed by atoms with Crippen LogP contribution < -0.4 is 14.9 Å². The standard InChI is InChI=1S/C24H17BrCl4N2O3/c1-33-22-10-15(8-18(25)24(22)34-13-14-2-6-19(27)21(29)9-14)12-30-31-23(32)7-4-16-3-5-17(26)11-20(16)28/h2-12H,13H2,1H3,(H,31,32)/b7-4+,30-12-. The van der Waals surface area contributed by atoms with E-state index in [-0.39, 0.29) is 6.61 Å². The molecule has 0 atom stereocenters. The van der Waals surface area contributed by atoms with Crippen molar-refractivity contribution in [1.82, 2.24) is 5.43 Å². The molecule has 0 spiro atoms. The number of rotatable bonds is 8. The summed E-state index contributed by atoms with van der Waals surface area (Å²) in [6, 6.07) is 13.8. The zero-order chi connectivity index (χ0) is 24.7. The van der Waals surface area contributed by atoms with Crippen LogP contribution in [0.2, 0.25) is 20.1 Å². The Morgan fingerprint density at radius 2 is 1.82 bits per heavy atom. The molecule has 0 aliphatic rings. The van der Waals surface area contributed by atoms with Gasteiger partial charge in [0.25, 0.3) is 5.91 Å². The van der Waals surface area contributed by atoms with E-state index in [0.29, 0.717) is 47.2 Å². The van der Waals surface area contributed by atoms with Gasteiger partial charge in [0.05, 0.1) is 27.8 Å². The highest BCUT2D eigenvalue weighted by Crippen LogP contribution is 2.37. The maximum atomic E-state index is 12.0. The molecule has 3 aromatic carbocycles. The Labute approximate surface area is 225 Å². The molecule has 10 heteroatoms. The minimum Gasteiger partial charge on any atom is -0.493 e. The highest BCUT2D eigenvalue weighted by atomic mass is 79.9. The van der Waals surface area contributed by atoms with E-state index in [2.05, 4.69) is 26.5 Å². The van der Waals surface area contributed by atoms with Crippen molar-refractivity contribution in [2.75, 3.05) is 7.11 Å². The summed E-state index contributed by atoms with van der Waals surface area (Å²) in [5.41, 5.74) is 4.61. The molecule has 1 N–H and O–H groups in total. The second-order valence-corrected chi connectivity index (χ2v) is 9.32. The molecular formula is C24H17BrCl4N2O3. The van der Waals surface area contributed by atoms with Crippen molar-refractivity contribution in [3.63, 3.8) is 0 Å². The van der Waals surface area contributed by atoms with Crippen LogP contribution in [-0.2, 0) is 11.4 Å². The van der Waals surface area contributed by atoms with Gasteiger partial charge in [0, 0.05) is 16.1 Å². The molecule has 3 rings (SSSR count). The summed E-state index contributed by atoms with van der Waals surface area (Å²) < 4.78 is 12.0. The largest absolute Gasteiger partial charge is 0.493 e. The van der Waals surface area contributed by atoms with E-state index in [1.54, 1.807) is 48.5 Å². The van der Waals surface area contributed by atoms with Gasteiger partial charge in [0.15, 0.2) is 11.5 Å². The Balaban J connectivity index is 1.64. The molecule has 0 unspecified atom stereocenters. The smallest absolute Gasteiger partial charge is 0.264 e. The van der Waals surface area contributed by atoms with Gasteiger partial charge in [-0.25, -0.2) is 5.43 Å². The number of nitrogens with zero attached hydrogens (tertiary/aromatic N) is 1. The van der Waals surface area contributed by atoms with Crippen molar-refractivity contribution in [3.05, 3.63) is 95.9 Å². The van der Waals surface area contributed by atoms with Crippen molar-refractivity contribution < 1.29 is 14.3 Å². The first-order valence-electron chi connectivity index (χ1n) is 9.67. The average molecular weight is 603 g/mol. The molecule has 0 saturated carbocycles. The van der Waals surface area contributed by atoms with Crippen LogP contribution in [0.1, 0.15) is 16.7 Å². The lowest BCUT2D eigenvalue weighted by Gasteiger charge is -2.14.